The zero-order valence-electron chi connectivity index (χ0n) is 7.58. The number of primary amides is 1. The highest BCUT2D eigenvalue weighted by Gasteiger charge is 2.05. The molecule has 0 spiro atoms. The minimum absolute atomic E-state index is 0.0924. The third-order valence-electron chi connectivity index (χ3n) is 2.07. The maximum Gasteiger partial charge on any atom is 0.265 e. The molecule has 15 heavy (non-hydrogen) atoms. The van der Waals surface area contributed by atoms with E-state index in [1.54, 1.807) is 18.2 Å². The molecule has 0 aliphatic rings. The molecule has 1 amide bonds. The van der Waals surface area contributed by atoms with E-state index in [1.165, 1.54) is 6.07 Å². The van der Waals surface area contributed by atoms with Crippen molar-refractivity contribution in [2.24, 2.45) is 5.73 Å². The highest BCUT2D eigenvalue weighted by atomic mass is 35.5. The molecule has 1 heterocycles. The summed E-state index contributed by atoms with van der Waals surface area (Å²) in [6.45, 7) is 0. The number of hydrogen-bond donors (Lipinski definition) is 2. The van der Waals surface area contributed by atoms with Crippen LogP contribution in [-0.2, 0) is 0 Å². The van der Waals surface area contributed by atoms with Crippen molar-refractivity contribution in [1.29, 1.82) is 0 Å². The van der Waals surface area contributed by atoms with Crippen molar-refractivity contribution in [2.75, 3.05) is 0 Å². The molecule has 5 heteroatoms. The van der Waals surface area contributed by atoms with E-state index in [0.717, 1.165) is 0 Å². The SMILES string of the molecule is NC(=O)c1cc2ccc(Cl)cc2c(=O)[nH]1. The average molecular weight is 223 g/mol. The third-order valence-corrected chi connectivity index (χ3v) is 2.31. The lowest BCUT2D eigenvalue weighted by molar-refractivity contribution is 0.0995. The Morgan fingerprint density at radius 3 is 2.73 bits per heavy atom. The molecule has 2 rings (SSSR count). The van der Waals surface area contributed by atoms with E-state index in [1.807, 2.05) is 0 Å². The molecule has 1 aromatic carbocycles. The van der Waals surface area contributed by atoms with Crippen molar-refractivity contribution in [2.45, 2.75) is 0 Å². The van der Waals surface area contributed by atoms with Crippen LogP contribution in [0.5, 0.6) is 0 Å². The molecule has 0 atom stereocenters. The third kappa shape index (κ3) is 1.71. The molecular formula is C10H7ClN2O2. The topological polar surface area (TPSA) is 76.0 Å². The molecule has 0 aliphatic carbocycles. The molecule has 3 N–H and O–H groups in total. The van der Waals surface area contributed by atoms with Crippen LogP contribution in [0, 0.1) is 0 Å². The number of nitrogens with one attached hydrogen (secondary N) is 1. The predicted molar refractivity (Wildman–Crippen MR) is 58.1 cm³/mol. The smallest absolute Gasteiger partial charge is 0.265 e. The van der Waals surface area contributed by atoms with E-state index in [0.29, 0.717) is 15.8 Å². The zero-order valence-corrected chi connectivity index (χ0v) is 8.34. The fourth-order valence-corrected chi connectivity index (χ4v) is 1.54. The fourth-order valence-electron chi connectivity index (χ4n) is 1.36. The van der Waals surface area contributed by atoms with Crippen LogP contribution < -0.4 is 11.3 Å². The van der Waals surface area contributed by atoms with Gasteiger partial charge in [0, 0.05) is 10.4 Å². The molecule has 76 valence electrons. The number of benzene rings is 1. The van der Waals surface area contributed by atoms with E-state index in [2.05, 4.69) is 4.98 Å². The molecule has 0 radical (unpaired) electrons. The van der Waals surface area contributed by atoms with Crippen molar-refractivity contribution in [3.8, 4) is 0 Å². The summed E-state index contributed by atoms with van der Waals surface area (Å²) in [4.78, 5) is 24.8. The maximum absolute atomic E-state index is 11.5. The summed E-state index contributed by atoms with van der Waals surface area (Å²) in [5.41, 5.74) is 4.79. The molecule has 0 unspecified atom stereocenters. The Morgan fingerprint density at radius 1 is 1.33 bits per heavy atom. The number of carbonyl (C=O) groups excluding carboxylic acids is 1. The predicted octanol–water partition coefficient (Wildman–Crippen LogP) is 1.28. The Balaban J connectivity index is 2.84. The fraction of sp³-hybridized carbons (Fsp3) is 0. The van der Waals surface area contributed by atoms with Gasteiger partial charge in [0.05, 0.1) is 0 Å². The number of hydrogen-bond acceptors (Lipinski definition) is 2. The van der Waals surface area contributed by atoms with Crippen molar-refractivity contribution >= 4 is 28.3 Å². The normalized spacial score (nSPS) is 10.5. The lowest BCUT2D eigenvalue weighted by atomic mass is 10.1. The number of H-pyrrole nitrogens is 1. The average Bonchev–Trinajstić information content (AvgIpc) is 2.18. The molecular weight excluding hydrogens is 216 g/mol. The Kier molecular flexibility index (Phi) is 2.21. The first-order valence-electron chi connectivity index (χ1n) is 4.20. The number of amides is 1. The number of rotatable bonds is 1. The summed E-state index contributed by atoms with van der Waals surface area (Å²) in [5.74, 6) is -0.663. The number of carbonyl (C=O) groups is 1. The summed E-state index contributed by atoms with van der Waals surface area (Å²) < 4.78 is 0. The molecule has 0 fully saturated rings. The van der Waals surface area contributed by atoms with E-state index in [4.69, 9.17) is 17.3 Å². The van der Waals surface area contributed by atoms with Gasteiger partial charge in [0.15, 0.2) is 0 Å². The van der Waals surface area contributed by atoms with Gasteiger partial charge in [0.1, 0.15) is 5.69 Å². The molecule has 0 saturated carbocycles. The van der Waals surface area contributed by atoms with Gasteiger partial charge in [-0.05, 0) is 23.6 Å². The summed E-state index contributed by atoms with van der Waals surface area (Å²) in [6.07, 6.45) is 0. The second-order valence-corrected chi connectivity index (χ2v) is 3.54. The molecule has 2 aromatic rings. The van der Waals surface area contributed by atoms with Gasteiger partial charge >= 0.3 is 0 Å². The first-order valence-corrected chi connectivity index (χ1v) is 4.58. The van der Waals surface area contributed by atoms with E-state index in [-0.39, 0.29) is 11.3 Å². The largest absolute Gasteiger partial charge is 0.364 e. The van der Waals surface area contributed by atoms with E-state index >= 15 is 0 Å². The minimum atomic E-state index is -0.663. The van der Waals surface area contributed by atoms with Crippen molar-refractivity contribution < 1.29 is 4.79 Å². The highest BCUT2D eigenvalue weighted by Crippen LogP contribution is 2.16. The van der Waals surface area contributed by atoms with Crippen LogP contribution in [0.2, 0.25) is 5.02 Å². The van der Waals surface area contributed by atoms with Gasteiger partial charge in [-0.1, -0.05) is 17.7 Å². The summed E-state index contributed by atoms with van der Waals surface area (Å²) in [5, 5.41) is 1.55. The number of aromatic amines is 1. The maximum atomic E-state index is 11.5. The van der Waals surface area contributed by atoms with Gasteiger partial charge in [0.25, 0.3) is 11.5 Å². The summed E-state index contributed by atoms with van der Waals surface area (Å²) >= 11 is 5.75. The van der Waals surface area contributed by atoms with Gasteiger partial charge in [0.2, 0.25) is 0 Å². The van der Waals surface area contributed by atoms with Crippen molar-refractivity contribution in [1.82, 2.24) is 4.98 Å². The molecule has 0 saturated heterocycles. The highest BCUT2D eigenvalue weighted by molar-refractivity contribution is 6.31. The molecule has 0 aliphatic heterocycles. The van der Waals surface area contributed by atoms with Gasteiger partial charge in [-0.3, -0.25) is 9.59 Å². The first kappa shape index (κ1) is 9.73. The Morgan fingerprint density at radius 2 is 2.07 bits per heavy atom. The Hall–Kier alpha value is -1.81. The van der Waals surface area contributed by atoms with Gasteiger partial charge in [-0.2, -0.15) is 0 Å². The lowest BCUT2D eigenvalue weighted by Crippen LogP contribution is -2.18. The zero-order chi connectivity index (χ0) is 11.0. The van der Waals surface area contributed by atoms with Gasteiger partial charge < -0.3 is 10.7 Å². The van der Waals surface area contributed by atoms with Crippen LogP contribution in [-0.4, -0.2) is 10.9 Å². The van der Waals surface area contributed by atoms with Crippen molar-refractivity contribution in [3.63, 3.8) is 0 Å². The Labute approximate surface area is 89.7 Å². The number of nitrogens with two attached hydrogens (primary N) is 1. The number of pyridine rings is 1. The number of halogens is 1. The van der Waals surface area contributed by atoms with Crippen LogP contribution in [0.25, 0.3) is 10.8 Å². The number of fused-ring (bicyclic) bond motifs is 1. The molecule has 0 bridgehead atoms. The Bertz CT molecular complexity index is 604. The standard InChI is InChI=1S/C10H7ClN2O2/c11-6-2-1-5-3-8(9(12)14)13-10(15)7(5)4-6/h1-4H,(H2,12,14)(H,13,15). The summed E-state index contributed by atoms with van der Waals surface area (Å²) in [7, 11) is 0. The van der Waals surface area contributed by atoms with Crippen LogP contribution in [0.1, 0.15) is 10.5 Å². The van der Waals surface area contributed by atoms with E-state index in [9.17, 15) is 9.59 Å². The van der Waals surface area contributed by atoms with Crippen LogP contribution in [0.3, 0.4) is 0 Å². The monoisotopic (exact) mass is 222 g/mol. The quantitative estimate of drug-likeness (QED) is 0.763. The van der Waals surface area contributed by atoms with Gasteiger partial charge in [-0.15, -0.1) is 0 Å². The minimum Gasteiger partial charge on any atom is -0.364 e. The lowest BCUT2D eigenvalue weighted by Gasteiger charge is -2.00. The second kappa shape index (κ2) is 3.40. The summed E-state index contributed by atoms with van der Waals surface area (Å²) in [6, 6.07) is 6.38. The van der Waals surface area contributed by atoms with E-state index < -0.39 is 5.91 Å². The van der Waals surface area contributed by atoms with Crippen LogP contribution >= 0.6 is 11.6 Å². The van der Waals surface area contributed by atoms with Crippen molar-refractivity contribution in [3.05, 3.63) is 45.3 Å². The van der Waals surface area contributed by atoms with Crippen LogP contribution in [0.15, 0.2) is 29.1 Å². The number of aromatic nitrogens is 1. The molecule has 4 nitrogen and oxygen atoms in total. The first-order chi connectivity index (χ1) is 7.08. The van der Waals surface area contributed by atoms with Crippen LogP contribution in [0.4, 0.5) is 0 Å². The van der Waals surface area contributed by atoms with Gasteiger partial charge in [-0.25, -0.2) is 0 Å². The second-order valence-electron chi connectivity index (χ2n) is 3.11. The molecule has 1 aromatic heterocycles.